The lowest BCUT2D eigenvalue weighted by Gasteiger charge is -2.42. The Bertz CT molecular complexity index is 4800. The number of Topliss-reactive ketones (excluding diaryl/α,β-unsaturated/α-hetero) is 2. The largest absolute Gasteiger partial charge is 0.508 e. The van der Waals surface area contributed by atoms with E-state index in [-0.39, 0.29) is 125 Å². The molecule has 1 aliphatic carbocycles. The first-order valence-corrected chi connectivity index (χ1v) is 46.2. The van der Waals surface area contributed by atoms with Gasteiger partial charge in [0.1, 0.15) is 66.9 Å². The number of nitrogens with one attached hydrogen (secondary N) is 3. The number of nitrogens with two attached hydrogens (primary N) is 1. The van der Waals surface area contributed by atoms with Gasteiger partial charge in [-0.2, -0.15) is 5.10 Å². The fraction of sp³-hybridized carbons (Fsp3) is 0.615. The number of ketones is 2. The molecule has 7 heterocycles. The van der Waals surface area contributed by atoms with Crippen molar-refractivity contribution in [3.05, 3.63) is 126 Å². The number of aliphatic hydroxyl groups is 2. The monoisotopic (exact) mass is 1820 g/mol. The van der Waals surface area contributed by atoms with Crippen molar-refractivity contribution in [3.63, 3.8) is 0 Å². The number of methoxy groups -OCH3 is 3. The number of phenols is 1. The third-order valence-corrected chi connectivity index (χ3v) is 24.9. The van der Waals surface area contributed by atoms with E-state index in [2.05, 4.69) is 35.9 Å². The van der Waals surface area contributed by atoms with Gasteiger partial charge in [0.15, 0.2) is 11.4 Å². The van der Waals surface area contributed by atoms with Gasteiger partial charge in [0.05, 0.1) is 107 Å². The molecule has 0 unspecified atom stereocenters. The number of unbranched alkanes of at least 4 members (excludes halogenated alkanes) is 1. The van der Waals surface area contributed by atoms with Gasteiger partial charge in [-0.05, 0) is 156 Å². The third kappa shape index (κ3) is 31.0. The molecule has 35 heteroatoms. The Balaban J connectivity index is 0.624. The Kier molecular flexibility index (Phi) is 41.7. The van der Waals surface area contributed by atoms with Crippen LogP contribution in [-0.4, -0.2) is 262 Å². The van der Waals surface area contributed by atoms with Crippen molar-refractivity contribution in [2.75, 3.05) is 113 Å². The number of aliphatic hydroxyl groups excluding tert-OH is 1. The summed E-state index contributed by atoms with van der Waals surface area (Å²) in [5.41, 5.74) is 12.2. The number of esters is 2. The number of anilines is 1. The summed E-state index contributed by atoms with van der Waals surface area (Å²) in [5, 5.41) is 59.9. The molecule has 3 aliphatic heterocycles. The molecule has 0 spiro atoms. The average molecular weight is 1830 g/mol. The van der Waals surface area contributed by atoms with Gasteiger partial charge in [0, 0.05) is 115 Å². The summed E-state index contributed by atoms with van der Waals surface area (Å²) < 4.78 is 68.1. The smallest absolute Gasteiger partial charge is 0.329 e. The van der Waals surface area contributed by atoms with Crippen LogP contribution in [-0.2, 0) is 110 Å². The number of cyclic esters (lactones) is 1. The second-order valence-corrected chi connectivity index (χ2v) is 34.9. The molecular formula is C96H137N13O22. The van der Waals surface area contributed by atoms with E-state index >= 15 is 4.79 Å². The van der Waals surface area contributed by atoms with Crippen LogP contribution in [0.5, 0.6) is 5.75 Å². The number of aromatic hydroxyl groups is 1. The number of fused-ring (bicyclic) bond motifs is 5. The summed E-state index contributed by atoms with van der Waals surface area (Å²) in [5.74, 6) is -8.06. The molecule has 3 fully saturated rings. The topological polar surface area (TPSA) is 447 Å². The minimum absolute atomic E-state index is 0.0182. The number of amides is 3. The van der Waals surface area contributed by atoms with Crippen LogP contribution in [0.25, 0.3) is 33.3 Å². The quantitative estimate of drug-likeness (QED) is 0.00618. The molecule has 8 N–H and O–H groups in total. The number of nitrogens with zero attached hydrogens (tertiary/aromatic N) is 9. The summed E-state index contributed by atoms with van der Waals surface area (Å²) in [6.07, 6.45) is 17.5. The number of rotatable bonds is 40. The Morgan fingerprint density at radius 1 is 0.756 bits per heavy atom. The highest BCUT2D eigenvalue weighted by Gasteiger charge is 2.53. The number of benzene rings is 2. The minimum atomic E-state index is -2.49. The van der Waals surface area contributed by atoms with Crippen molar-refractivity contribution in [1.29, 1.82) is 0 Å². The van der Waals surface area contributed by atoms with Crippen LogP contribution in [0.15, 0.2) is 120 Å². The first-order valence-electron chi connectivity index (χ1n) is 46.2. The molecule has 2 saturated heterocycles. The number of allylic oxidation sites excluding steroid dienone is 6. The molecule has 6 aromatic rings. The Morgan fingerprint density at radius 2 is 1.48 bits per heavy atom. The predicted octanol–water partition coefficient (Wildman–Crippen LogP) is 10.6. The molecule has 4 aliphatic rings. The number of aryl methyl sites for hydroxylation is 1. The Hall–Kier alpha value is -10.1. The van der Waals surface area contributed by atoms with Crippen molar-refractivity contribution < 1.29 is 106 Å². The van der Waals surface area contributed by atoms with Crippen molar-refractivity contribution in [2.24, 2.45) is 40.7 Å². The normalized spacial score (nSPS) is 26.2. The van der Waals surface area contributed by atoms with Gasteiger partial charge in [-0.1, -0.05) is 112 Å². The first kappa shape index (κ1) is 103. The van der Waals surface area contributed by atoms with Crippen LogP contribution >= 0.6 is 0 Å². The van der Waals surface area contributed by atoms with E-state index in [9.17, 15) is 44.1 Å². The number of H-pyrrole nitrogens is 1. The second-order valence-electron chi connectivity index (χ2n) is 34.9. The maximum atomic E-state index is 15.2. The minimum Gasteiger partial charge on any atom is -0.508 e. The molecule has 2 aromatic carbocycles. The molecular weight excluding hydrogens is 1690 g/mol. The molecule has 1 saturated carbocycles. The van der Waals surface area contributed by atoms with E-state index in [1.165, 1.54) is 18.3 Å². The molecule has 131 heavy (non-hydrogen) atoms. The van der Waals surface area contributed by atoms with Crippen LogP contribution in [0, 0.1) is 35.5 Å². The average Bonchev–Trinajstić information content (AvgIpc) is 1.52. The molecule has 15 atom stereocenters. The number of piperidine rings is 1. The summed E-state index contributed by atoms with van der Waals surface area (Å²) in [6, 6.07) is 15.1. The molecule has 3 amide bonds. The standard InChI is InChI=1S/C96H137N13O22/c1-62-22-13-11-14-23-63(2)80(120-8)56-74-31-28-68(7)96(119,131-74)91(116)94(117)107-38-19-17-26-79(107)95(118)130-81(57-76(105-129-59-69-24-15-12-16-25-69)64(3)51-67(6)89(115)90(122-10)88(114)66(5)50-62)65(4)52-70-29-33-78(82(53-70)121-9)109-58-72(103-106-109)60-128-85(113)27-21-40-123-44-48-127-49-46-125-42-35-84(112)99-37-43-126-47-45-124-41-34-83(111)98-36-18-20-39-108-93-86(92(97)100-61-101-93)87(104-108)77-55-71-54-73(110)30-32-75(71)102-77/h11-16,22-25,30,32,51,54-55,58,61-62,64-66,68,70,74,78-82,89-90,102,110,115,119H,17-21,26-29,31,33-50,52-53,56-57,59-60H2,1-10H3,(H,98,111)(H,99,112)(H2,97,100,101)/b14-11+,22-13+,63-23+,67-51+,105-76-/t62-,64-,65-,66-,68-,70+,74+,78+,79+,80+,81+,82-,89-,90+,96-/m1/s1. The van der Waals surface area contributed by atoms with Crippen LogP contribution in [0.3, 0.4) is 0 Å². The number of oxime groups is 1. The van der Waals surface area contributed by atoms with E-state index in [1.807, 2.05) is 107 Å². The van der Waals surface area contributed by atoms with Gasteiger partial charge in [0.25, 0.3) is 11.7 Å². The summed E-state index contributed by atoms with van der Waals surface area (Å²) in [7, 11) is 4.64. The number of ether oxygens (including phenoxy) is 11. The lowest BCUT2D eigenvalue weighted by Crippen LogP contribution is -2.61. The van der Waals surface area contributed by atoms with Crippen molar-refractivity contribution >= 4 is 74.7 Å². The highest BCUT2D eigenvalue weighted by Crippen LogP contribution is 2.41. The first-order chi connectivity index (χ1) is 63.2. The molecule has 718 valence electrons. The fourth-order valence-corrected chi connectivity index (χ4v) is 17.3. The number of phenolic OH excluding ortho intramolecular Hbond substituents is 1. The number of hydrogen-bond donors (Lipinski definition) is 7. The van der Waals surface area contributed by atoms with Gasteiger partial charge in [-0.3, -0.25) is 28.8 Å². The molecule has 10 rings (SSSR count). The van der Waals surface area contributed by atoms with E-state index in [1.54, 1.807) is 61.8 Å². The van der Waals surface area contributed by atoms with Crippen LogP contribution in [0.1, 0.15) is 181 Å². The van der Waals surface area contributed by atoms with Crippen molar-refractivity contribution in [1.82, 2.24) is 55.3 Å². The number of nitrogen functional groups attached to an aromatic ring is 1. The van der Waals surface area contributed by atoms with Crippen LogP contribution < -0.4 is 16.4 Å². The molecule has 0 radical (unpaired) electrons. The number of aromatic nitrogens is 8. The summed E-state index contributed by atoms with van der Waals surface area (Å²) in [6.45, 7) is 17.4. The van der Waals surface area contributed by atoms with Gasteiger partial charge < -0.3 is 98.5 Å². The maximum Gasteiger partial charge on any atom is 0.329 e. The van der Waals surface area contributed by atoms with Gasteiger partial charge in [0.2, 0.25) is 17.6 Å². The predicted molar refractivity (Wildman–Crippen MR) is 488 cm³/mol. The van der Waals surface area contributed by atoms with Crippen molar-refractivity contribution in [2.45, 2.75) is 238 Å². The zero-order valence-corrected chi connectivity index (χ0v) is 77.6. The Labute approximate surface area is 767 Å². The van der Waals surface area contributed by atoms with Crippen LogP contribution in [0.2, 0.25) is 0 Å². The lowest BCUT2D eigenvalue weighted by atomic mass is 9.77. The van der Waals surface area contributed by atoms with Gasteiger partial charge in [-0.25, -0.2) is 24.1 Å². The zero-order chi connectivity index (χ0) is 93.8. The summed E-state index contributed by atoms with van der Waals surface area (Å²) >= 11 is 0. The third-order valence-electron chi connectivity index (χ3n) is 24.9. The highest BCUT2D eigenvalue weighted by atomic mass is 16.6. The van der Waals surface area contributed by atoms with Gasteiger partial charge >= 0.3 is 11.9 Å². The van der Waals surface area contributed by atoms with Gasteiger partial charge in [-0.15, -0.1) is 5.10 Å². The zero-order valence-electron chi connectivity index (χ0n) is 77.6. The number of aromatic amines is 1. The maximum absolute atomic E-state index is 15.2. The number of carbonyl (C=O) groups excluding carboxylic acids is 7. The fourth-order valence-electron chi connectivity index (χ4n) is 17.3. The van der Waals surface area contributed by atoms with Crippen molar-refractivity contribution in [3.8, 4) is 17.1 Å². The highest BCUT2D eigenvalue weighted by molar-refractivity contribution is 6.39. The van der Waals surface area contributed by atoms with E-state index in [4.69, 9.17) is 72.9 Å². The molecule has 2 bridgehead atoms. The summed E-state index contributed by atoms with van der Waals surface area (Å²) in [4.78, 5) is 116. The van der Waals surface area contributed by atoms with E-state index in [0.29, 0.717) is 176 Å². The Morgan fingerprint density at radius 3 is 2.21 bits per heavy atom. The van der Waals surface area contributed by atoms with E-state index in [0.717, 1.165) is 40.6 Å². The number of carbonyl (C=O) groups is 7. The molecule has 35 nitrogen and oxygen atoms in total. The SMILES string of the molecule is CO[C@H]1C[C@@H]2CC[C@@H](C)[C@@](O)(O2)C(=O)C(=O)N2CCCC[C@H]2C(=O)O[C@H]([C@H](C)C[C@@H]2CC[C@H](n3cc(COC(=O)CCCOCCOCCOCCC(=O)NCCOCCOCCC(=O)NCCCCn4nc(-c5cc6cc(O)ccc6[nH]5)c5c(N)ncnc54)nn3)[C@H](OC)C2)C/C(=N/OCc2ccccc2)[C@H](C)/C=C(\C)[C@@H](O)[C@@H](OC)C(=O)[C@H](C)C[C@H](C)/C=C/C=C/C=C/1C. The molecule has 4 aromatic heterocycles. The second kappa shape index (κ2) is 53.0. The lowest BCUT2D eigenvalue weighted by molar-refractivity contribution is -0.265. The van der Waals surface area contributed by atoms with E-state index < -0.39 is 83.7 Å². The number of hydrogen-bond acceptors (Lipinski definition) is 29. The van der Waals surface area contributed by atoms with Crippen LogP contribution in [0.4, 0.5) is 5.82 Å².